The quantitative estimate of drug-likeness (QED) is 0.912. The van der Waals surface area contributed by atoms with E-state index in [1.165, 1.54) is 12.8 Å². The maximum absolute atomic E-state index is 6.70. The number of aromatic nitrogens is 3. The minimum atomic E-state index is -0.352. The minimum absolute atomic E-state index is 0.352. The van der Waals surface area contributed by atoms with Crippen molar-refractivity contribution in [3.8, 4) is 5.69 Å². The molecule has 1 aliphatic rings. The Balaban J connectivity index is 2.07. The van der Waals surface area contributed by atoms with Crippen molar-refractivity contribution in [3.63, 3.8) is 0 Å². The van der Waals surface area contributed by atoms with E-state index in [9.17, 15) is 0 Å². The van der Waals surface area contributed by atoms with Crippen LogP contribution in [0.5, 0.6) is 0 Å². The molecule has 2 atom stereocenters. The van der Waals surface area contributed by atoms with Crippen LogP contribution < -0.4 is 5.73 Å². The van der Waals surface area contributed by atoms with Crippen LogP contribution in [-0.4, -0.2) is 14.8 Å². The highest BCUT2D eigenvalue weighted by molar-refractivity contribution is 5.35. The molecule has 0 radical (unpaired) electrons. The van der Waals surface area contributed by atoms with Gasteiger partial charge in [-0.3, -0.25) is 4.57 Å². The lowest BCUT2D eigenvalue weighted by Crippen LogP contribution is -2.43. The molecular weight excluding hydrogens is 248 g/mol. The van der Waals surface area contributed by atoms with Crippen LogP contribution in [0.1, 0.15) is 44.3 Å². The lowest BCUT2D eigenvalue weighted by molar-refractivity contribution is 0.225. The summed E-state index contributed by atoms with van der Waals surface area (Å²) in [6, 6.07) is 10.2. The Morgan fingerprint density at radius 3 is 2.70 bits per heavy atom. The third-order valence-corrected chi connectivity index (χ3v) is 4.32. The Morgan fingerprint density at radius 2 is 2.00 bits per heavy atom. The van der Waals surface area contributed by atoms with E-state index in [0.717, 1.165) is 30.2 Å². The Labute approximate surface area is 120 Å². The first-order valence-electron chi connectivity index (χ1n) is 7.37. The van der Waals surface area contributed by atoms with Crippen molar-refractivity contribution in [1.82, 2.24) is 14.8 Å². The summed E-state index contributed by atoms with van der Waals surface area (Å²) >= 11 is 0. The van der Waals surface area contributed by atoms with E-state index in [2.05, 4.69) is 33.8 Å². The summed E-state index contributed by atoms with van der Waals surface area (Å²) in [5.41, 5.74) is 7.44. The third kappa shape index (κ3) is 2.24. The van der Waals surface area contributed by atoms with Gasteiger partial charge in [-0.15, -0.1) is 10.2 Å². The Hall–Kier alpha value is -1.68. The topological polar surface area (TPSA) is 56.7 Å². The number of benzene rings is 1. The highest BCUT2D eigenvalue weighted by Gasteiger charge is 2.37. The largest absolute Gasteiger partial charge is 0.319 e. The van der Waals surface area contributed by atoms with Crippen LogP contribution in [0, 0.1) is 12.8 Å². The number of hydrogen-bond acceptors (Lipinski definition) is 3. The van der Waals surface area contributed by atoms with Crippen molar-refractivity contribution in [1.29, 1.82) is 0 Å². The molecule has 0 spiro atoms. The van der Waals surface area contributed by atoms with E-state index in [0.29, 0.717) is 5.92 Å². The molecule has 4 nitrogen and oxygen atoms in total. The normalized spacial score (nSPS) is 26.6. The first-order valence-corrected chi connectivity index (χ1v) is 7.37. The molecule has 106 valence electrons. The van der Waals surface area contributed by atoms with Crippen molar-refractivity contribution in [2.24, 2.45) is 11.7 Å². The van der Waals surface area contributed by atoms with Crippen LogP contribution in [0.25, 0.3) is 5.69 Å². The molecule has 2 N–H and O–H groups in total. The fourth-order valence-corrected chi connectivity index (χ4v) is 3.37. The summed E-state index contributed by atoms with van der Waals surface area (Å²) in [6.45, 7) is 4.26. The number of rotatable bonds is 2. The number of nitrogens with zero attached hydrogens (tertiary/aromatic N) is 3. The number of para-hydroxylation sites is 1. The maximum Gasteiger partial charge on any atom is 0.157 e. The lowest BCUT2D eigenvalue weighted by Gasteiger charge is -2.36. The van der Waals surface area contributed by atoms with Gasteiger partial charge in [0, 0.05) is 5.69 Å². The number of aryl methyl sites for hydroxylation is 1. The van der Waals surface area contributed by atoms with E-state index in [4.69, 9.17) is 5.73 Å². The highest BCUT2D eigenvalue weighted by atomic mass is 15.3. The predicted octanol–water partition coefficient (Wildman–Crippen LogP) is 2.94. The van der Waals surface area contributed by atoms with Crippen molar-refractivity contribution in [3.05, 3.63) is 42.0 Å². The first-order chi connectivity index (χ1) is 9.60. The summed E-state index contributed by atoms with van der Waals surface area (Å²) in [4.78, 5) is 0. The molecule has 2 unspecified atom stereocenters. The van der Waals surface area contributed by atoms with E-state index >= 15 is 0 Å². The molecule has 0 aliphatic heterocycles. The van der Waals surface area contributed by atoms with E-state index in [1.54, 1.807) is 0 Å². The van der Waals surface area contributed by atoms with Crippen LogP contribution in [0.4, 0.5) is 0 Å². The molecule has 1 saturated carbocycles. The van der Waals surface area contributed by atoms with Gasteiger partial charge in [-0.05, 0) is 37.8 Å². The SMILES string of the molecule is Cc1nnc(C2(N)CCCC(C)C2)n1-c1ccccc1. The Morgan fingerprint density at radius 1 is 1.25 bits per heavy atom. The van der Waals surface area contributed by atoms with Gasteiger partial charge in [0.05, 0.1) is 5.54 Å². The highest BCUT2D eigenvalue weighted by Crippen LogP contribution is 2.37. The second-order valence-electron chi connectivity index (χ2n) is 6.10. The summed E-state index contributed by atoms with van der Waals surface area (Å²) in [6.07, 6.45) is 4.40. The molecule has 0 saturated heterocycles. The molecule has 20 heavy (non-hydrogen) atoms. The molecule has 1 aromatic carbocycles. The lowest BCUT2D eigenvalue weighted by atomic mass is 9.76. The summed E-state index contributed by atoms with van der Waals surface area (Å²) < 4.78 is 2.11. The smallest absolute Gasteiger partial charge is 0.157 e. The molecular formula is C16H22N4. The van der Waals surface area contributed by atoms with Gasteiger partial charge >= 0.3 is 0 Å². The third-order valence-electron chi connectivity index (χ3n) is 4.32. The van der Waals surface area contributed by atoms with Gasteiger partial charge in [0.25, 0.3) is 0 Å². The predicted molar refractivity (Wildman–Crippen MR) is 79.6 cm³/mol. The van der Waals surface area contributed by atoms with Gasteiger partial charge in [0.15, 0.2) is 5.82 Å². The second kappa shape index (κ2) is 5.02. The maximum atomic E-state index is 6.70. The first kappa shape index (κ1) is 13.3. The molecule has 1 aliphatic carbocycles. The second-order valence-corrected chi connectivity index (χ2v) is 6.10. The average molecular weight is 270 g/mol. The van der Waals surface area contributed by atoms with Gasteiger partial charge in [-0.25, -0.2) is 0 Å². The van der Waals surface area contributed by atoms with Crippen LogP contribution >= 0.6 is 0 Å². The summed E-state index contributed by atoms with van der Waals surface area (Å²) in [5.74, 6) is 2.46. The minimum Gasteiger partial charge on any atom is -0.319 e. The fourth-order valence-electron chi connectivity index (χ4n) is 3.37. The molecule has 1 heterocycles. The summed E-state index contributed by atoms with van der Waals surface area (Å²) in [7, 11) is 0. The van der Waals surface area contributed by atoms with Gasteiger partial charge in [-0.2, -0.15) is 0 Å². The monoisotopic (exact) mass is 270 g/mol. The zero-order valence-corrected chi connectivity index (χ0v) is 12.2. The zero-order chi connectivity index (χ0) is 14.2. The zero-order valence-electron chi connectivity index (χ0n) is 12.2. The van der Waals surface area contributed by atoms with Crippen molar-refractivity contribution >= 4 is 0 Å². The molecule has 3 rings (SSSR count). The van der Waals surface area contributed by atoms with Crippen molar-refractivity contribution in [2.45, 2.75) is 45.1 Å². The van der Waals surface area contributed by atoms with Gasteiger partial charge < -0.3 is 5.73 Å². The van der Waals surface area contributed by atoms with Crippen LogP contribution in [0.2, 0.25) is 0 Å². The van der Waals surface area contributed by atoms with Crippen molar-refractivity contribution < 1.29 is 0 Å². The van der Waals surface area contributed by atoms with E-state index < -0.39 is 0 Å². The molecule has 4 heteroatoms. The fraction of sp³-hybridized carbons (Fsp3) is 0.500. The molecule has 1 fully saturated rings. The number of hydrogen-bond donors (Lipinski definition) is 1. The summed E-state index contributed by atoms with van der Waals surface area (Å²) in [5, 5.41) is 8.68. The van der Waals surface area contributed by atoms with E-state index in [1.807, 2.05) is 25.1 Å². The van der Waals surface area contributed by atoms with E-state index in [-0.39, 0.29) is 5.54 Å². The van der Waals surface area contributed by atoms with Gasteiger partial charge in [0.1, 0.15) is 5.82 Å². The molecule has 1 aromatic heterocycles. The van der Waals surface area contributed by atoms with Gasteiger partial charge in [0.2, 0.25) is 0 Å². The van der Waals surface area contributed by atoms with Crippen molar-refractivity contribution in [2.75, 3.05) is 0 Å². The Bertz CT molecular complexity index is 590. The average Bonchev–Trinajstić information content (AvgIpc) is 2.82. The molecule has 0 amide bonds. The standard InChI is InChI=1S/C16H22N4/c1-12-7-6-10-16(17,11-12)15-19-18-13(2)20(15)14-8-4-3-5-9-14/h3-5,8-9,12H,6-7,10-11,17H2,1-2H3. The Kier molecular flexibility index (Phi) is 3.34. The molecule has 2 aromatic rings. The molecule has 0 bridgehead atoms. The van der Waals surface area contributed by atoms with Crippen LogP contribution in [0.3, 0.4) is 0 Å². The van der Waals surface area contributed by atoms with Crippen LogP contribution in [-0.2, 0) is 5.54 Å². The van der Waals surface area contributed by atoms with Crippen LogP contribution in [0.15, 0.2) is 30.3 Å². The number of nitrogens with two attached hydrogens (primary N) is 1. The van der Waals surface area contributed by atoms with Gasteiger partial charge in [-0.1, -0.05) is 38.0 Å².